The fourth-order valence-electron chi connectivity index (χ4n) is 5.74. The Kier molecular flexibility index (Phi) is 6.35. The van der Waals surface area contributed by atoms with Crippen LogP contribution in [0.2, 0.25) is 0 Å². The molecule has 3 aromatic carbocycles. The van der Waals surface area contributed by atoms with Gasteiger partial charge >= 0.3 is 0 Å². The molecule has 0 atom stereocenters. The quantitative estimate of drug-likeness (QED) is 0.282. The van der Waals surface area contributed by atoms with Crippen LogP contribution in [0.25, 0.3) is 32.8 Å². The third-order valence-electron chi connectivity index (χ3n) is 7.57. The van der Waals surface area contributed by atoms with Crippen molar-refractivity contribution in [2.75, 3.05) is 13.2 Å². The molecule has 0 aliphatic carbocycles. The van der Waals surface area contributed by atoms with Crippen LogP contribution in [0.15, 0.2) is 60.7 Å². The number of ether oxygens (including phenoxy) is 2. The van der Waals surface area contributed by atoms with E-state index in [4.69, 9.17) is 9.47 Å². The first-order valence-electron chi connectivity index (χ1n) is 13.2. The van der Waals surface area contributed by atoms with Gasteiger partial charge in [0.05, 0.1) is 24.3 Å². The third-order valence-corrected chi connectivity index (χ3v) is 7.57. The predicted molar refractivity (Wildman–Crippen MR) is 147 cm³/mol. The van der Waals surface area contributed by atoms with Gasteiger partial charge in [-0.05, 0) is 49.6 Å². The molecular formula is C31H33N3O3. The van der Waals surface area contributed by atoms with Crippen molar-refractivity contribution in [3.8, 4) is 22.8 Å². The van der Waals surface area contributed by atoms with Crippen molar-refractivity contribution in [2.24, 2.45) is 7.05 Å². The molecule has 37 heavy (non-hydrogen) atoms. The molecule has 190 valence electrons. The van der Waals surface area contributed by atoms with Crippen molar-refractivity contribution >= 4 is 21.7 Å². The molecule has 0 saturated carbocycles. The first-order valence-corrected chi connectivity index (χ1v) is 13.2. The van der Waals surface area contributed by atoms with Crippen molar-refractivity contribution < 1.29 is 14.6 Å². The number of fused-ring (bicyclic) bond motifs is 3. The Morgan fingerprint density at radius 3 is 2.73 bits per heavy atom. The van der Waals surface area contributed by atoms with Gasteiger partial charge in [0.2, 0.25) is 5.88 Å². The lowest BCUT2D eigenvalue weighted by Crippen LogP contribution is -2.04. The maximum Gasteiger partial charge on any atom is 0.217 e. The van der Waals surface area contributed by atoms with Crippen molar-refractivity contribution in [3.05, 3.63) is 77.6 Å². The van der Waals surface area contributed by atoms with Gasteiger partial charge in [-0.15, -0.1) is 0 Å². The van der Waals surface area contributed by atoms with E-state index in [0.717, 1.165) is 60.2 Å². The first kappa shape index (κ1) is 23.6. The van der Waals surface area contributed by atoms with E-state index in [0.29, 0.717) is 19.8 Å². The molecular weight excluding hydrogens is 462 g/mol. The molecule has 1 N–H and O–H groups in total. The minimum Gasteiger partial charge on any atom is -0.493 e. The van der Waals surface area contributed by atoms with Gasteiger partial charge in [0.15, 0.2) is 0 Å². The Morgan fingerprint density at radius 2 is 1.81 bits per heavy atom. The van der Waals surface area contributed by atoms with Crippen LogP contribution in [0.5, 0.6) is 11.6 Å². The van der Waals surface area contributed by atoms with Gasteiger partial charge in [0.25, 0.3) is 0 Å². The molecule has 0 bridgehead atoms. The molecule has 3 heterocycles. The highest BCUT2D eigenvalue weighted by Gasteiger charge is 2.24. The molecule has 0 fully saturated rings. The Hall–Kier alpha value is -3.77. The highest BCUT2D eigenvalue weighted by Crippen LogP contribution is 2.40. The summed E-state index contributed by atoms with van der Waals surface area (Å²) in [6, 6.07) is 21.0. The zero-order valence-corrected chi connectivity index (χ0v) is 21.5. The lowest BCUT2D eigenvalue weighted by atomic mass is 10.00. The summed E-state index contributed by atoms with van der Waals surface area (Å²) in [4.78, 5) is 0. The van der Waals surface area contributed by atoms with Gasteiger partial charge in [-0.2, -0.15) is 5.10 Å². The monoisotopic (exact) mass is 495 g/mol. The highest BCUT2D eigenvalue weighted by molar-refractivity contribution is 5.99. The Bertz CT molecular complexity index is 1570. The van der Waals surface area contributed by atoms with E-state index in [9.17, 15) is 5.11 Å². The van der Waals surface area contributed by atoms with E-state index < -0.39 is 0 Å². The van der Waals surface area contributed by atoms with E-state index in [1.807, 2.05) is 0 Å². The summed E-state index contributed by atoms with van der Waals surface area (Å²) in [5.74, 6) is 1.12. The summed E-state index contributed by atoms with van der Waals surface area (Å²) in [7, 11) is 1.78. The Morgan fingerprint density at radius 1 is 1.00 bits per heavy atom. The maximum absolute atomic E-state index is 11.0. The van der Waals surface area contributed by atoms with Crippen molar-refractivity contribution in [3.63, 3.8) is 0 Å². The van der Waals surface area contributed by atoms with Crippen molar-refractivity contribution in [2.45, 2.75) is 45.8 Å². The summed E-state index contributed by atoms with van der Waals surface area (Å²) < 4.78 is 16.1. The summed E-state index contributed by atoms with van der Waals surface area (Å²) in [5, 5.41) is 19.1. The number of aromatic hydroxyl groups is 1. The van der Waals surface area contributed by atoms with E-state index in [2.05, 4.69) is 77.3 Å². The van der Waals surface area contributed by atoms with E-state index in [-0.39, 0.29) is 5.88 Å². The molecule has 6 rings (SSSR count). The number of nitrogens with zero attached hydrogens (tertiary/aromatic N) is 3. The number of rotatable bonds is 5. The maximum atomic E-state index is 11.0. The molecule has 6 nitrogen and oxygen atoms in total. The second kappa shape index (κ2) is 9.94. The van der Waals surface area contributed by atoms with E-state index in [1.165, 1.54) is 27.5 Å². The molecule has 0 unspecified atom stereocenters. The van der Waals surface area contributed by atoms with Gasteiger partial charge in [-0.25, -0.2) is 4.68 Å². The average Bonchev–Trinajstić information content (AvgIpc) is 3.34. The average molecular weight is 496 g/mol. The normalized spacial score (nSPS) is 14.0. The Balaban J connectivity index is 1.34. The van der Waals surface area contributed by atoms with Crippen LogP contribution in [-0.4, -0.2) is 32.7 Å². The van der Waals surface area contributed by atoms with Crippen LogP contribution in [0, 0.1) is 6.92 Å². The second-order valence-electron chi connectivity index (χ2n) is 9.88. The third kappa shape index (κ3) is 4.25. The minimum absolute atomic E-state index is 0.181. The highest BCUT2D eigenvalue weighted by atomic mass is 16.5. The molecule has 0 saturated heterocycles. The SMILES string of the molecule is Cc1c(CCCOc2cccc3ccccc23)c2cccc3c2n1CCCCOCc1nn(C)c(O)c1-3. The zero-order valence-electron chi connectivity index (χ0n) is 21.5. The Labute approximate surface area is 217 Å². The number of benzene rings is 3. The number of hydrogen-bond donors (Lipinski definition) is 1. The summed E-state index contributed by atoms with van der Waals surface area (Å²) in [6.45, 7) is 4.90. The zero-order chi connectivity index (χ0) is 25.4. The smallest absolute Gasteiger partial charge is 0.217 e. The fraction of sp³-hybridized carbons (Fsp3) is 0.323. The van der Waals surface area contributed by atoms with Crippen molar-refractivity contribution in [1.29, 1.82) is 0 Å². The fourth-order valence-corrected chi connectivity index (χ4v) is 5.74. The lowest BCUT2D eigenvalue weighted by molar-refractivity contribution is 0.114. The molecule has 1 aliphatic heterocycles. The topological polar surface area (TPSA) is 61.4 Å². The minimum atomic E-state index is 0.181. The van der Waals surface area contributed by atoms with E-state index >= 15 is 0 Å². The first-order chi connectivity index (χ1) is 18.1. The van der Waals surface area contributed by atoms with Crippen LogP contribution in [0.3, 0.4) is 0 Å². The largest absolute Gasteiger partial charge is 0.493 e. The summed E-state index contributed by atoms with van der Waals surface area (Å²) in [5.41, 5.74) is 6.40. The number of hydrogen-bond acceptors (Lipinski definition) is 4. The molecule has 0 spiro atoms. The molecule has 0 amide bonds. The van der Waals surface area contributed by atoms with Gasteiger partial charge in [-0.1, -0.05) is 54.6 Å². The van der Waals surface area contributed by atoms with Gasteiger partial charge in [0, 0.05) is 42.2 Å². The van der Waals surface area contributed by atoms with Gasteiger partial charge in [-0.3, -0.25) is 0 Å². The number of aryl methyl sites for hydroxylation is 3. The predicted octanol–water partition coefficient (Wildman–Crippen LogP) is 6.53. The molecule has 0 radical (unpaired) electrons. The van der Waals surface area contributed by atoms with Crippen LogP contribution in [-0.2, 0) is 31.4 Å². The standard InChI is InChI=1S/C31H33N3O3/c1-21-23(15-9-19-37-28-16-7-11-22-10-3-4-12-24(22)28)25-13-8-14-26-29-27(32-33(2)31(29)35)20-36-18-6-5-17-34(21)30(25)26/h3-4,7-8,10-14,16,35H,5-6,9,15,17-20H2,1-2H3. The number of para-hydroxylation sites is 1. The van der Waals surface area contributed by atoms with Gasteiger partial charge < -0.3 is 19.1 Å². The summed E-state index contributed by atoms with van der Waals surface area (Å²) >= 11 is 0. The van der Waals surface area contributed by atoms with Crippen LogP contribution in [0.4, 0.5) is 0 Å². The molecule has 1 aliphatic rings. The van der Waals surface area contributed by atoms with E-state index in [1.54, 1.807) is 11.7 Å². The van der Waals surface area contributed by atoms with Crippen LogP contribution in [0.1, 0.15) is 36.2 Å². The number of aromatic nitrogens is 3. The molecule has 6 heteroatoms. The van der Waals surface area contributed by atoms with Crippen molar-refractivity contribution in [1.82, 2.24) is 14.3 Å². The van der Waals surface area contributed by atoms with Gasteiger partial charge in [0.1, 0.15) is 11.4 Å². The summed E-state index contributed by atoms with van der Waals surface area (Å²) in [6.07, 6.45) is 3.88. The lowest BCUT2D eigenvalue weighted by Gasteiger charge is -2.11. The molecule has 2 aromatic heterocycles. The molecule has 5 aromatic rings. The second-order valence-corrected chi connectivity index (χ2v) is 9.88. The van der Waals surface area contributed by atoms with Crippen LogP contribution < -0.4 is 4.74 Å². The van der Waals surface area contributed by atoms with Crippen LogP contribution >= 0.6 is 0 Å².